The highest BCUT2D eigenvalue weighted by Gasteiger charge is 2.27. The highest BCUT2D eigenvalue weighted by atomic mass is 127. The summed E-state index contributed by atoms with van der Waals surface area (Å²) < 4.78 is 20.5. The largest absolute Gasteiger partial charge is 0.380 e. The fraction of sp³-hybridized carbons (Fsp3) is 0.450. The molecule has 0 unspecified atom stereocenters. The number of aromatic nitrogens is 2. The predicted octanol–water partition coefficient (Wildman–Crippen LogP) is 2.14. The van der Waals surface area contributed by atoms with E-state index in [1.54, 1.807) is 27.9 Å². The maximum atomic E-state index is 13.8. The first-order valence-electron chi connectivity index (χ1n) is 9.60. The molecule has 1 aromatic heterocycles. The number of anilines is 1. The van der Waals surface area contributed by atoms with Crippen LogP contribution in [-0.2, 0) is 29.7 Å². The Morgan fingerprint density at radius 2 is 2.17 bits per heavy atom. The zero-order valence-electron chi connectivity index (χ0n) is 17.5. The van der Waals surface area contributed by atoms with Gasteiger partial charge in [0, 0.05) is 45.6 Å². The minimum Gasteiger partial charge on any atom is -0.380 e. The van der Waals surface area contributed by atoms with Crippen LogP contribution in [0.1, 0.15) is 18.1 Å². The molecule has 0 radical (unpaired) electrons. The molecular weight excluding hydrogens is 502 g/mol. The smallest absolute Gasteiger partial charge is 0.246 e. The fourth-order valence-corrected chi connectivity index (χ4v) is 3.26. The highest BCUT2D eigenvalue weighted by Crippen LogP contribution is 2.17. The molecule has 30 heavy (non-hydrogen) atoms. The molecule has 2 aromatic rings. The van der Waals surface area contributed by atoms with E-state index in [2.05, 4.69) is 15.4 Å². The third-order valence-corrected chi connectivity index (χ3v) is 4.68. The number of nitrogens with zero attached hydrogens (tertiary/aromatic N) is 5. The van der Waals surface area contributed by atoms with E-state index < -0.39 is 0 Å². The van der Waals surface area contributed by atoms with Gasteiger partial charge in [-0.05, 0) is 24.6 Å². The summed E-state index contributed by atoms with van der Waals surface area (Å²) in [5, 5.41) is 7.38. The average Bonchev–Trinajstić information content (AvgIpc) is 3.13. The van der Waals surface area contributed by atoms with E-state index in [-0.39, 0.29) is 48.9 Å². The first-order valence-corrected chi connectivity index (χ1v) is 9.60. The van der Waals surface area contributed by atoms with Crippen LogP contribution in [0.2, 0.25) is 0 Å². The maximum Gasteiger partial charge on any atom is 0.246 e. The van der Waals surface area contributed by atoms with Crippen molar-refractivity contribution in [3.63, 3.8) is 0 Å². The summed E-state index contributed by atoms with van der Waals surface area (Å²) in [7, 11) is 3.36. The molecule has 1 aliphatic heterocycles. The second-order valence-corrected chi connectivity index (χ2v) is 6.87. The Labute approximate surface area is 193 Å². The Morgan fingerprint density at radius 3 is 2.80 bits per heavy atom. The number of aliphatic imine (C=N–C) groups is 1. The van der Waals surface area contributed by atoms with Gasteiger partial charge in [-0.1, -0.05) is 6.07 Å². The van der Waals surface area contributed by atoms with Gasteiger partial charge >= 0.3 is 0 Å². The molecule has 1 aromatic carbocycles. The Kier molecular flexibility index (Phi) is 9.03. The van der Waals surface area contributed by atoms with Crippen LogP contribution in [0.3, 0.4) is 0 Å². The van der Waals surface area contributed by atoms with E-state index in [0.29, 0.717) is 37.7 Å². The van der Waals surface area contributed by atoms with Gasteiger partial charge in [-0.25, -0.2) is 9.38 Å². The van der Waals surface area contributed by atoms with Gasteiger partial charge in [0.2, 0.25) is 5.91 Å². The molecular formula is C20H28FIN6O2. The number of nitrogens with one attached hydrogen (secondary N) is 1. The molecule has 0 atom stereocenters. The molecule has 164 valence electrons. The van der Waals surface area contributed by atoms with Crippen LogP contribution in [0, 0.1) is 5.82 Å². The van der Waals surface area contributed by atoms with Crippen LogP contribution in [0.4, 0.5) is 10.1 Å². The molecule has 0 spiro atoms. The number of rotatable bonds is 6. The minimum atomic E-state index is -0.288. The van der Waals surface area contributed by atoms with Crippen molar-refractivity contribution < 1.29 is 13.9 Å². The Balaban J connectivity index is 0.00000320. The predicted molar refractivity (Wildman–Crippen MR) is 124 cm³/mol. The number of aryl methyl sites for hydroxylation is 1. The summed E-state index contributed by atoms with van der Waals surface area (Å²) in [6, 6.07) is 4.91. The van der Waals surface area contributed by atoms with Crippen LogP contribution < -0.4 is 10.2 Å². The van der Waals surface area contributed by atoms with E-state index in [0.717, 1.165) is 11.3 Å². The van der Waals surface area contributed by atoms with Crippen LogP contribution >= 0.6 is 24.0 Å². The summed E-state index contributed by atoms with van der Waals surface area (Å²) in [6.07, 6.45) is 3.53. The number of hydrogen-bond acceptors (Lipinski definition) is 4. The van der Waals surface area contributed by atoms with E-state index in [1.165, 1.54) is 13.2 Å². The first kappa shape index (κ1) is 24.1. The van der Waals surface area contributed by atoms with E-state index in [1.807, 2.05) is 25.1 Å². The van der Waals surface area contributed by atoms with Gasteiger partial charge in [0.25, 0.3) is 0 Å². The lowest BCUT2D eigenvalue weighted by molar-refractivity contribution is -0.120. The molecule has 8 nitrogen and oxygen atoms in total. The lowest BCUT2D eigenvalue weighted by atomic mass is 10.1. The topological polar surface area (TPSA) is 75.0 Å². The number of methoxy groups -OCH3 is 1. The van der Waals surface area contributed by atoms with Crippen molar-refractivity contribution in [1.82, 2.24) is 20.0 Å². The molecule has 0 saturated carbocycles. The van der Waals surface area contributed by atoms with Gasteiger partial charge in [0.1, 0.15) is 12.4 Å². The number of amides is 1. The van der Waals surface area contributed by atoms with Crippen LogP contribution in [0.5, 0.6) is 0 Å². The van der Waals surface area contributed by atoms with Crippen LogP contribution in [-0.4, -0.2) is 59.8 Å². The van der Waals surface area contributed by atoms with Gasteiger partial charge in [-0.2, -0.15) is 5.10 Å². The SMILES string of the molecule is CCNC(=NCc1ccc(F)c(COC)c1)N1CCN(c2cnn(C)c2)C(=O)C1.I. The standard InChI is InChI=1S/C20H27FN6O2.HI/c1-4-22-20(23-10-15-5-6-18(21)16(9-15)14-29-3)26-7-8-27(19(28)13-26)17-11-24-25(2)12-17;/h5-6,9,11-12H,4,7-8,10,13-14H2,1-3H3,(H,22,23);1H. The monoisotopic (exact) mass is 530 g/mol. The molecule has 1 fully saturated rings. The van der Waals surface area contributed by atoms with E-state index in [4.69, 9.17) is 4.74 Å². The molecule has 2 heterocycles. The molecule has 1 amide bonds. The fourth-order valence-electron chi connectivity index (χ4n) is 3.26. The molecule has 0 aliphatic carbocycles. The molecule has 3 rings (SSSR count). The second-order valence-electron chi connectivity index (χ2n) is 6.87. The maximum absolute atomic E-state index is 13.8. The molecule has 1 N–H and O–H groups in total. The summed E-state index contributed by atoms with van der Waals surface area (Å²) in [4.78, 5) is 21.0. The summed E-state index contributed by atoms with van der Waals surface area (Å²) in [5.41, 5.74) is 2.19. The summed E-state index contributed by atoms with van der Waals surface area (Å²) in [6.45, 7) is 4.73. The normalized spacial score (nSPS) is 14.7. The number of hydrogen-bond donors (Lipinski definition) is 1. The van der Waals surface area contributed by atoms with Crippen molar-refractivity contribution in [3.8, 4) is 0 Å². The minimum absolute atomic E-state index is 0. The molecule has 10 heteroatoms. The van der Waals surface area contributed by atoms with Crippen molar-refractivity contribution in [1.29, 1.82) is 0 Å². The third kappa shape index (κ3) is 5.91. The average molecular weight is 530 g/mol. The Morgan fingerprint density at radius 1 is 1.37 bits per heavy atom. The number of piperazine rings is 1. The number of benzene rings is 1. The number of carbonyl (C=O) groups is 1. The number of halogens is 2. The highest BCUT2D eigenvalue weighted by molar-refractivity contribution is 14.0. The Hall–Kier alpha value is -2.21. The lowest BCUT2D eigenvalue weighted by Crippen LogP contribution is -2.55. The van der Waals surface area contributed by atoms with Gasteiger partial charge in [-0.3, -0.25) is 9.48 Å². The molecule has 0 bridgehead atoms. The second kappa shape index (κ2) is 11.3. The van der Waals surface area contributed by atoms with Crippen molar-refractivity contribution in [2.75, 3.05) is 38.2 Å². The van der Waals surface area contributed by atoms with Gasteiger partial charge in [0.15, 0.2) is 5.96 Å². The van der Waals surface area contributed by atoms with Crippen LogP contribution in [0.15, 0.2) is 35.6 Å². The quantitative estimate of drug-likeness (QED) is 0.352. The van der Waals surface area contributed by atoms with Crippen molar-refractivity contribution in [3.05, 3.63) is 47.5 Å². The number of guanidine groups is 1. The molecule has 1 aliphatic rings. The Bertz CT molecular complexity index is 888. The van der Waals surface area contributed by atoms with Gasteiger partial charge in [0.05, 0.1) is 25.0 Å². The number of ether oxygens (including phenoxy) is 1. The van der Waals surface area contributed by atoms with Gasteiger partial charge in [-0.15, -0.1) is 24.0 Å². The lowest BCUT2D eigenvalue weighted by Gasteiger charge is -2.35. The van der Waals surface area contributed by atoms with Crippen molar-refractivity contribution in [2.24, 2.45) is 12.0 Å². The van der Waals surface area contributed by atoms with E-state index in [9.17, 15) is 9.18 Å². The van der Waals surface area contributed by atoms with Crippen molar-refractivity contribution in [2.45, 2.75) is 20.1 Å². The first-order chi connectivity index (χ1) is 14.0. The van der Waals surface area contributed by atoms with Crippen molar-refractivity contribution >= 4 is 41.5 Å². The van der Waals surface area contributed by atoms with E-state index >= 15 is 0 Å². The molecule has 1 saturated heterocycles. The zero-order valence-corrected chi connectivity index (χ0v) is 19.8. The third-order valence-electron chi connectivity index (χ3n) is 4.68. The summed E-state index contributed by atoms with van der Waals surface area (Å²) in [5.74, 6) is 0.381. The van der Waals surface area contributed by atoms with Gasteiger partial charge < -0.3 is 19.9 Å². The zero-order chi connectivity index (χ0) is 20.8. The van der Waals surface area contributed by atoms with Crippen LogP contribution in [0.25, 0.3) is 0 Å². The summed E-state index contributed by atoms with van der Waals surface area (Å²) >= 11 is 0. The number of carbonyl (C=O) groups excluding carboxylic acids is 1.